The monoisotopic (exact) mass is 230 g/mol. The molecule has 94 valence electrons. The molecule has 0 spiro atoms. The van der Waals surface area contributed by atoms with Gasteiger partial charge >= 0.3 is 5.97 Å². The summed E-state index contributed by atoms with van der Waals surface area (Å²) in [6.45, 7) is 6.92. The second kappa shape index (κ2) is 8.10. The minimum atomic E-state index is -0.314. The van der Waals surface area contributed by atoms with Gasteiger partial charge in [0.15, 0.2) is 0 Å². The highest BCUT2D eigenvalue weighted by atomic mass is 16.5. The second-order valence-corrected chi connectivity index (χ2v) is 4.01. The lowest BCUT2D eigenvalue weighted by atomic mass is 10.3. The third-order valence-corrected chi connectivity index (χ3v) is 1.94. The van der Waals surface area contributed by atoms with Crippen molar-refractivity contribution < 1.29 is 14.3 Å². The number of amides is 1. The topological polar surface area (TPSA) is 58.6 Å². The fourth-order valence-electron chi connectivity index (χ4n) is 1.35. The van der Waals surface area contributed by atoms with E-state index >= 15 is 0 Å². The van der Waals surface area contributed by atoms with E-state index in [1.807, 2.05) is 20.8 Å². The van der Waals surface area contributed by atoms with Crippen molar-refractivity contribution in [3.05, 3.63) is 0 Å². The van der Waals surface area contributed by atoms with Crippen molar-refractivity contribution >= 4 is 11.9 Å². The van der Waals surface area contributed by atoms with Crippen LogP contribution in [0, 0.1) is 0 Å². The Balaban J connectivity index is 4.11. The van der Waals surface area contributed by atoms with E-state index in [9.17, 15) is 9.59 Å². The normalized spacial score (nSPS) is 10.6. The number of methoxy groups -OCH3 is 1. The Morgan fingerprint density at radius 2 is 1.94 bits per heavy atom. The third kappa shape index (κ3) is 7.23. The average Bonchev–Trinajstić information content (AvgIpc) is 2.16. The van der Waals surface area contributed by atoms with Gasteiger partial charge in [-0.25, -0.2) is 0 Å². The number of rotatable bonds is 7. The number of nitrogens with one attached hydrogen (secondary N) is 1. The van der Waals surface area contributed by atoms with Gasteiger partial charge in [-0.2, -0.15) is 0 Å². The molecule has 0 bridgehead atoms. The molecule has 0 aromatic rings. The van der Waals surface area contributed by atoms with Crippen molar-refractivity contribution in [2.45, 2.75) is 33.2 Å². The number of esters is 1. The molecule has 0 aromatic carbocycles. The molecule has 0 radical (unpaired) electrons. The lowest BCUT2D eigenvalue weighted by molar-refractivity contribution is -0.142. The molecule has 0 aliphatic heterocycles. The van der Waals surface area contributed by atoms with Crippen LogP contribution in [0.25, 0.3) is 0 Å². The van der Waals surface area contributed by atoms with Crippen molar-refractivity contribution in [3.63, 3.8) is 0 Å². The maximum absolute atomic E-state index is 11.5. The van der Waals surface area contributed by atoms with Gasteiger partial charge in [-0.05, 0) is 26.8 Å². The van der Waals surface area contributed by atoms with Crippen LogP contribution in [0.5, 0.6) is 0 Å². The fraction of sp³-hybridized carbons (Fsp3) is 0.818. The fourth-order valence-corrected chi connectivity index (χ4v) is 1.35. The highest BCUT2D eigenvalue weighted by molar-refractivity contribution is 5.79. The van der Waals surface area contributed by atoms with Gasteiger partial charge < -0.3 is 10.1 Å². The Bertz CT molecular complexity index is 229. The Morgan fingerprint density at radius 1 is 1.31 bits per heavy atom. The van der Waals surface area contributed by atoms with E-state index in [0.717, 1.165) is 6.42 Å². The summed E-state index contributed by atoms with van der Waals surface area (Å²) in [7, 11) is 1.35. The van der Waals surface area contributed by atoms with Gasteiger partial charge in [-0.3, -0.25) is 14.5 Å². The molecule has 0 fully saturated rings. The molecule has 5 heteroatoms. The van der Waals surface area contributed by atoms with Crippen LogP contribution in [-0.2, 0) is 14.3 Å². The van der Waals surface area contributed by atoms with Gasteiger partial charge in [-0.1, -0.05) is 6.92 Å². The first-order chi connectivity index (χ1) is 7.49. The molecule has 16 heavy (non-hydrogen) atoms. The predicted octanol–water partition coefficient (Wildman–Crippen LogP) is 0.396. The molecule has 1 N–H and O–H groups in total. The van der Waals surface area contributed by atoms with Gasteiger partial charge in [-0.15, -0.1) is 0 Å². The highest BCUT2D eigenvalue weighted by Gasteiger charge is 2.14. The first-order valence-electron chi connectivity index (χ1n) is 5.58. The quantitative estimate of drug-likeness (QED) is 0.643. The van der Waals surface area contributed by atoms with Crippen molar-refractivity contribution in [2.75, 3.05) is 26.7 Å². The van der Waals surface area contributed by atoms with Crippen LogP contribution in [-0.4, -0.2) is 49.6 Å². The van der Waals surface area contributed by atoms with Gasteiger partial charge in [0.1, 0.15) is 0 Å². The SMILES string of the molecule is CCCN(CC(=O)NC(C)C)CC(=O)OC. The molecule has 0 aliphatic carbocycles. The smallest absolute Gasteiger partial charge is 0.319 e. The van der Waals surface area contributed by atoms with Gasteiger partial charge in [0.05, 0.1) is 20.2 Å². The second-order valence-electron chi connectivity index (χ2n) is 4.01. The standard InChI is InChI=1S/C11H22N2O3/c1-5-6-13(8-11(15)16-4)7-10(14)12-9(2)3/h9H,5-8H2,1-4H3,(H,12,14). The molecule has 0 aromatic heterocycles. The van der Waals surface area contributed by atoms with Crippen LogP contribution in [0.2, 0.25) is 0 Å². The predicted molar refractivity (Wildman–Crippen MR) is 62.0 cm³/mol. The largest absolute Gasteiger partial charge is 0.468 e. The summed E-state index contributed by atoms with van der Waals surface area (Å²) in [4.78, 5) is 24.4. The molecule has 0 saturated heterocycles. The summed E-state index contributed by atoms with van der Waals surface area (Å²) in [6, 6.07) is 0.120. The van der Waals surface area contributed by atoms with E-state index in [1.165, 1.54) is 7.11 Å². The Hall–Kier alpha value is -1.10. The van der Waals surface area contributed by atoms with E-state index in [4.69, 9.17) is 0 Å². The minimum absolute atomic E-state index is 0.0626. The Labute approximate surface area is 97.1 Å². The van der Waals surface area contributed by atoms with Crippen LogP contribution < -0.4 is 5.32 Å². The lowest BCUT2D eigenvalue weighted by Crippen LogP contribution is -2.42. The molecule has 0 aliphatic rings. The van der Waals surface area contributed by atoms with Crippen LogP contribution in [0.1, 0.15) is 27.2 Å². The third-order valence-electron chi connectivity index (χ3n) is 1.94. The molecular weight excluding hydrogens is 208 g/mol. The number of carbonyl (C=O) groups excluding carboxylic acids is 2. The number of nitrogens with zero attached hydrogens (tertiary/aromatic N) is 1. The van der Waals surface area contributed by atoms with Crippen molar-refractivity contribution in [1.29, 1.82) is 0 Å². The summed E-state index contributed by atoms with van der Waals surface area (Å²) >= 11 is 0. The maximum atomic E-state index is 11.5. The number of hydrogen-bond acceptors (Lipinski definition) is 4. The molecule has 1 amide bonds. The molecular formula is C11H22N2O3. The molecule has 0 heterocycles. The van der Waals surface area contributed by atoms with Crippen LogP contribution in [0.15, 0.2) is 0 Å². The van der Waals surface area contributed by atoms with Crippen molar-refractivity contribution in [2.24, 2.45) is 0 Å². The number of ether oxygens (including phenoxy) is 1. The van der Waals surface area contributed by atoms with E-state index < -0.39 is 0 Å². The van der Waals surface area contributed by atoms with E-state index in [2.05, 4.69) is 10.1 Å². The summed E-state index contributed by atoms with van der Waals surface area (Å²) < 4.78 is 4.58. The van der Waals surface area contributed by atoms with Crippen LogP contribution >= 0.6 is 0 Å². The number of carbonyl (C=O) groups is 2. The Kier molecular flexibility index (Phi) is 7.54. The molecule has 0 atom stereocenters. The highest BCUT2D eigenvalue weighted by Crippen LogP contribution is 1.93. The summed E-state index contributed by atoms with van der Waals surface area (Å²) in [5, 5.41) is 2.79. The summed E-state index contributed by atoms with van der Waals surface area (Å²) in [5.74, 6) is -0.377. The van der Waals surface area contributed by atoms with Gasteiger partial charge in [0.25, 0.3) is 0 Å². The average molecular weight is 230 g/mol. The first kappa shape index (κ1) is 14.9. The zero-order chi connectivity index (χ0) is 12.6. The van der Waals surface area contributed by atoms with E-state index in [0.29, 0.717) is 6.54 Å². The summed E-state index contributed by atoms with van der Waals surface area (Å²) in [6.07, 6.45) is 0.895. The lowest BCUT2D eigenvalue weighted by Gasteiger charge is -2.20. The van der Waals surface area contributed by atoms with E-state index in [1.54, 1.807) is 4.90 Å². The molecule has 0 rings (SSSR count). The molecule has 5 nitrogen and oxygen atoms in total. The maximum Gasteiger partial charge on any atom is 0.319 e. The van der Waals surface area contributed by atoms with E-state index in [-0.39, 0.29) is 31.0 Å². The molecule has 0 unspecified atom stereocenters. The Morgan fingerprint density at radius 3 is 2.38 bits per heavy atom. The first-order valence-corrected chi connectivity index (χ1v) is 5.58. The van der Waals surface area contributed by atoms with Gasteiger partial charge in [0.2, 0.25) is 5.91 Å². The zero-order valence-electron chi connectivity index (χ0n) is 10.6. The van der Waals surface area contributed by atoms with Crippen molar-refractivity contribution in [3.8, 4) is 0 Å². The van der Waals surface area contributed by atoms with Gasteiger partial charge in [0, 0.05) is 6.04 Å². The van der Waals surface area contributed by atoms with Crippen molar-refractivity contribution in [1.82, 2.24) is 10.2 Å². The molecule has 0 saturated carbocycles. The minimum Gasteiger partial charge on any atom is -0.468 e. The van der Waals surface area contributed by atoms with Crippen LogP contribution in [0.3, 0.4) is 0 Å². The number of hydrogen-bond donors (Lipinski definition) is 1. The summed E-state index contributed by atoms with van der Waals surface area (Å²) in [5.41, 5.74) is 0. The van der Waals surface area contributed by atoms with Crippen LogP contribution in [0.4, 0.5) is 0 Å². The zero-order valence-corrected chi connectivity index (χ0v) is 10.6.